The van der Waals surface area contributed by atoms with Crippen LogP contribution in [0.5, 0.6) is 0 Å². The summed E-state index contributed by atoms with van der Waals surface area (Å²) in [5, 5.41) is 31.9. The van der Waals surface area contributed by atoms with E-state index in [1.165, 1.54) is 19.3 Å². The molecule has 2 fully saturated rings. The van der Waals surface area contributed by atoms with Crippen molar-refractivity contribution in [2.75, 3.05) is 27.8 Å². The molecule has 2 saturated heterocycles. The number of hydrogen-bond donors (Lipinski definition) is 4. The molecule has 0 unspecified atom stereocenters. The number of nitrogens with one attached hydrogen (secondary N) is 1. The Kier molecular flexibility index (Phi) is 15.9. The van der Waals surface area contributed by atoms with Gasteiger partial charge in [0.15, 0.2) is 24.5 Å². The van der Waals surface area contributed by atoms with Crippen LogP contribution in [-0.4, -0.2) is 122 Å². The van der Waals surface area contributed by atoms with Crippen molar-refractivity contribution in [3.63, 3.8) is 0 Å². The fraction of sp³-hybridized carbons (Fsp3) is 0.778. The van der Waals surface area contributed by atoms with Crippen molar-refractivity contribution in [2.24, 2.45) is 23.7 Å². The SMILES string of the molecule is CC[C@H]1OC(=O)/C=C/[C@H](C)[C@@H](O[C@@H]2O[C@H](C)C[C@H]([NH+](C)C)[C@H]2O)[C@@H](C)C[C@@H](C)C(=O)/C=C/C=C/[C@@H]1CO[C@@H]1O[C@H](C)[C@@H](O)[C@@H](O)[C@H]1OC. The van der Waals surface area contributed by atoms with Crippen molar-refractivity contribution in [2.45, 2.75) is 128 Å². The van der Waals surface area contributed by atoms with E-state index in [0.29, 0.717) is 19.3 Å². The van der Waals surface area contributed by atoms with E-state index in [-0.39, 0.29) is 42.3 Å². The van der Waals surface area contributed by atoms with E-state index < -0.39 is 67.2 Å². The first-order valence-corrected chi connectivity index (χ1v) is 17.4. The minimum absolute atomic E-state index is 0.0364. The Morgan fingerprint density at radius 1 is 0.875 bits per heavy atom. The highest BCUT2D eigenvalue weighted by Gasteiger charge is 2.45. The maximum absolute atomic E-state index is 13.2. The molecule has 15 atom stereocenters. The van der Waals surface area contributed by atoms with E-state index in [1.807, 2.05) is 54.8 Å². The second-order valence-corrected chi connectivity index (χ2v) is 14.1. The second kappa shape index (κ2) is 18.8. The summed E-state index contributed by atoms with van der Waals surface area (Å²) in [4.78, 5) is 27.5. The molecule has 0 aromatic rings. The van der Waals surface area contributed by atoms with Crippen molar-refractivity contribution in [3.8, 4) is 0 Å². The summed E-state index contributed by atoms with van der Waals surface area (Å²) in [7, 11) is 5.40. The molecule has 3 aliphatic rings. The third-order valence-electron chi connectivity index (χ3n) is 9.89. The fourth-order valence-electron chi connectivity index (χ4n) is 6.88. The van der Waals surface area contributed by atoms with Gasteiger partial charge in [0.05, 0.1) is 39.0 Å². The molecular formula is C36H60NO11+. The summed E-state index contributed by atoms with van der Waals surface area (Å²) in [5.74, 6) is -1.70. The number of ether oxygens (including phenoxy) is 6. The van der Waals surface area contributed by atoms with Crippen LogP contribution < -0.4 is 4.90 Å². The van der Waals surface area contributed by atoms with Gasteiger partial charge in [0.1, 0.15) is 30.5 Å². The summed E-state index contributed by atoms with van der Waals surface area (Å²) in [6.07, 6.45) is 3.83. The van der Waals surface area contributed by atoms with Gasteiger partial charge in [0.25, 0.3) is 0 Å². The highest BCUT2D eigenvalue weighted by Crippen LogP contribution is 2.30. The summed E-state index contributed by atoms with van der Waals surface area (Å²) in [6, 6.07) is -0.0622. The molecule has 0 aliphatic carbocycles. The average Bonchev–Trinajstić information content (AvgIpc) is 3.04. The van der Waals surface area contributed by atoms with Crippen molar-refractivity contribution in [3.05, 3.63) is 36.5 Å². The first-order valence-electron chi connectivity index (χ1n) is 17.4. The number of carbonyl (C=O) groups is 2. The van der Waals surface area contributed by atoms with E-state index in [0.717, 1.165) is 4.90 Å². The van der Waals surface area contributed by atoms with Crippen LogP contribution in [0.2, 0.25) is 0 Å². The zero-order valence-corrected chi connectivity index (χ0v) is 30.1. The van der Waals surface area contributed by atoms with Crippen LogP contribution in [0, 0.1) is 23.7 Å². The number of likely N-dealkylation sites (N-methyl/N-ethyl adjacent to an activating group) is 1. The Balaban J connectivity index is 1.85. The largest absolute Gasteiger partial charge is 0.459 e. The molecule has 4 N–H and O–H groups in total. The Hall–Kier alpha value is -2.00. The van der Waals surface area contributed by atoms with E-state index in [4.69, 9.17) is 28.4 Å². The van der Waals surface area contributed by atoms with Crippen molar-refractivity contribution in [1.82, 2.24) is 0 Å². The highest BCUT2D eigenvalue weighted by atomic mass is 16.7. The molecule has 0 saturated carbocycles. The average molecular weight is 683 g/mol. The summed E-state index contributed by atoms with van der Waals surface area (Å²) in [5.41, 5.74) is 0. The van der Waals surface area contributed by atoms with Gasteiger partial charge < -0.3 is 48.6 Å². The van der Waals surface area contributed by atoms with Gasteiger partial charge in [0.2, 0.25) is 0 Å². The molecule has 0 amide bonds. The number of aliphatic hydroxyl groups is 3. The normalized spacial score (nSPS) is 44.2. The lowest BCUT2D eigenvalue weighted by atomic mass is 9.84. The monoisotopic (exact) mass is 682 g/mol. The van der Waals surface area contributed by atoms with Gasteiger partial charge in [-0.15, -0.1) is 0 Å². The second-order valence-electron chi connectivity index (χ2n) is 14.1. The number of allylic oxidation sites excluding steroid dienone is 3. The van der Waals surface area contributed by atoms with Crippen LogP contribution in [-0.2, 0) is 38.0 Å². The number of carbonyl (C=O) groups excluding carboxylic acids is 2. The van der Waals surface area contributed by atoms with E-state index in [1.54, 1.807) is 25.2 Å². The molecule has 3 aliphatic heterocycles. The zero-order valence-electron chi connectivity index (χ0n) is 30.1. The van der Waals surface area contributed by atoms with Crippen LogP contribution in [0.25, 0.3) is 0 Å². The number of methoxy groups -OCH3 is 1. The lowest BCUT2D eigenvalue weighted by molar-refractivity contribution is -0.893. The topological polar surface area (TPSA) is 155 Å². The van der Waals surface area contributed by atoms with Crippen LogP contribution in [0.1, 0.15) is 60.8 Å². The third kappa shape index (κ3) is 10.7. The predicted octanol–water partition coefficient (Wildman–Crippen LogP) is 1.37. The number of hydrogen-bond acceptors (Lipinski definition) is 11. The van der Waals surface area contributed by atoms with Gasteiger partial charge >= 0.3 is 5.97 Å². The Morgan fingerprint density at radius 3 is 2.23 bits per heavy atom. The highest BCUT2D eigenvalue weighted by molar-refractivity contribution is 5.91. The first kappa shape index (κ1) is 40.4. The van der Waals surface area contributed by atoms with Crippen molar-refractivity contribution >= 4 is 11.8 Å². The Bertz CT molecular complexity index is 1110. The van der Waals surface area contributed by atoms with Gasteiger partial charge in [-0.3, -0.25) is 4.79 Å². The molecule has 274 valence electrons. The number of aliphatic hydroxyl groups excluding tert-OH is 3. The number of esters is 1. The van der Waals surface area contributed by atoms with Gasteiger partial charge in [-0.25, -0.2) is 4.79 Å². The molecule has 0 aromatic heterocycles. The van der Waals surface area contributed by atoms with E-state index >= 15 is 0 Å². The fourth-order valence-corrected chi connectivity index (χ4v) is 6.88. The summed E-state index contributed by atoms with van der Waals surface area (Å²) < 4.78 is 35.8. The molecule has 12 heteroatoms. The molecule has 3 heterocycles. The zero-order chi connectivity index (χ0) is 35.7. The first-order chi connectivity index (χ1) is 22.7. The molecular weight excluding hydrogens is 622 g/mol. The molecule has 0 radical (unpaired) electrons. The third-order valence-corrected chi connectivity index (χ3v) is 9.89. The number of quaternary nitrogens is 1. The van der Waals surface area contributed by atoms with Crippen molar-refractivity contribution in [1.29, 1.82) is 0 Å². The standard InChI is InChI=1S/C36H59NO11/c1-10-28-25(19-44-36-34(43-9)32(42)30(40)24(6)46-36)13-11-12-14-27(38)21(3)17-22(4)33(20(2)15-16-29(39)47-28)48-35-31(41)26(37(7)8)18-23(5)45-35/h11-16,20-26,28,30-36,40-42H,10,17-19H2,1-9H3/p+1/b13-11+,14-12+,16-15+/t20-,21+,22-,23+,24+,25+,26-,28+,30+,31+,32+,33+,34+,35-,36+/m0/s1. The molecule has 0 aromatic carbocycles. The minimum atomic E-state index is -1.21. The number of rotatable bonds is 8. The van der Waals surface area contributed by atoms with Gasteiger partial charge in [-0.1, -0.05) is 52.0 Å². The van der Waals surface area contributed by atoms with Gasteiger partial charge in [-0.05, 0) is 38.7 Å². The molecule has 48 heavy (non-hydrogen) atoms. The van der Waals surface area contributed by atoms with Crippen LogP contribution in [0.15, 0.2) is 36.5 Å². The van der Waals surface area contributed by atoms with Crippen LogP contribution in [0.4, 0.5) is 0 Å². The lowest BCUT2D eigenvalue weighted by Gasteiger charge is -2.42. The number of ketones is 1. The van der Waals surface area contributed by atoms with Gasteiger partial charge in [0, 0.05) is 37.4 Å². The van der Waals surface area contributed by atoms with E-state index in [9.17, 15) is 24.9 Å². The summed E-state index contributed by atoms with van der Waals surface area (Å²) in [6.45, 7) is 11.4. The lowest BCUT2D eigenvalue weighted by Crippen LogP contribution is -3.12. The molecule has 3 rings (SSSR count). The molecule has 12 nitrogen and oxygen atoms in total. The minimum Gasteiger partial charge on any atom is -0.459 e. The van der Waals surface area contributed by atoms with Crippen LogP contribution in [0.3, 0.4) is 0 Å². The smallest absolute Gasteiger partial charge is 0.330 e. The maximum atomic E-state index is 13.2. The maximum Gasteiger partial charge on any atom is 0.330 e. The molecule has 0 bridgehead atoms. The Labute approximate surface area is 286 Å². The van der Waals surface area contributed by atoms with E-state index in [2.05, 4.69) is 0 Å². The quantitative estimate of drug-likeness (QED) is 0.275. The van der Waals surface area contributed by atoms with Crippen molar-refractivity contribution < 1.29 is 58.2 Å². The van der Waals surface area contributed by atoms with Crippen LogP contribution >= 0.6 is 0 Å². The molecule has 0 spiro atoms. The van der Waals surface area contributed by atoms with Gasteiger partial charge in [-0.2, -0.15) is 0 Å². The Morgan fingerprint density at radius 2 is 1.58 bits per heavy atom. The summed E-state index contributed by atoms with van der Waals surface area (Å²) >= 11 is 0. The number of cyclic esters (lactones) is 1. The predicted molar refractivity (Wildman–Crippen MR) is 178 cm³/mol.